The zero-order valence-corrected chi connectivity index (χ0v) is 20.9. The number of allylic oxidation sites excluding steroid dienone is 2. The molecule has 35 heavy (non-hydrogen) atoms. The van der Waals surface area contributed by atoms with Crippen LogP contribution in [0.15, 0.2) is 54.7 Å². The molecule has 8 heteroatoms. The van der Waals surface area contributed by atoms with Gasteiger partial charge in [0.05, 0.1) is 6.10 Å². The van der Waals surface area contributed by atoms with Crippen molar-refractivity contribution in [3.8, 4) is 17.2 Å². The number of carbonyl (C=O) groups is 1. The van der Waals surface area contributed by atoms with Gasteiger partial charge in [0, 0.05) is 24.6 Å². The summed E-state index contributed by atoms with van der Waals surface area (Å²) in [6.45, 7) is 5.57. The smallest absolute Gasteiger partial charge is 0.311 e. The van der Waals surface area contributed by atoms with E-state index < -0.39 is 11.6 Å². The molecule has 0 saturated heterocycles. The summed E-state index contributed by atoms with van der Waals surface area (Å²) in [5.41, 5.74) is 0. The third kappa shape index (κ3) is 15.1. The van der Waals surface area contributed by atoms with E-state index in [9.17, 15) is 30.3 Å². The SMILES string of the molecule is CC/C=C\C(O)(O)/C=C\C(O)(O)/C=C\CCCCCCCC(=O)Oc1cc(O)cc(OC(C)C)c1. The average Bonchev–Trinajstić information content (AvgIpc) is 2.74. The van der Waals surface area contributed by atoms with Crippen LogP contribution in [-0.2, 0) is 4.79 Å². The van der Waals surface area contributed by atoms with E-state index in [4.69, 9.17) is 9.47 Å². The minimum absolute atomic E-state index is 0.0327. The maximum atomic E-state index is 12.1. The van der Waals surface area contributed by atoms with Crippen LogP contribution in [0.1, 0.15) is 72.1 Å². The summed E-state index contributed by atoms with van der Waals surface area (Å²) in [5.74, 6) is -4.22. The van der Waals surface area contributed by atoms with Gasteiger partial charge in [-0.2, -0.15) is 0 Å². The van der Waals surface area contributed by atoms with Crippen molar-refractivity contribution in [2.45, 2.75) is 89.8 Å². The van der Waals surface area contributed by atoms with Gasteiger partial charge in [-0.05, 0) is 63.8 Å². The zero-order valence-electron chi connectivity index (χ0n) is 20.9. The Morgan fingerprint density at radius 3 is 2.06 bits per heavy atom. The second-order valence-electron chi connectivity index (χ2n) is 8.72. The van der Waals surface area contributed by atoms with Gasteiger partial charge in [-0.15, -0.1) is 0 Å². The highest BCUT2D eigenvalue weighted by molar-refractivity contribution is 5.72. The lowest BCUT2D eigenvalue weighted by Gasteiger charge is -2.16. The number of aromatic hydroxyl groups is 1. The fourth-order valence-corrected chi connectivity index (χ4v) is 3.10. The number of hydrogen-bond acceptors (Lipinski definition) is 8. The van der Waals surface area contributed by atoms with E-state index in [2.05, 4.69) is 0 Å². The molecule has 0 atom stereocenters. The summed E-state index contributed by atoms with van der Waals surface area (Å²) in [6.07, 6.45) is 13.0. The number of unbranched alkanes of at least 4 members (excludes halogenated alkanes) is 5. The second kappa shape index (κ2) is 15.4. The molecule has 0 aromatic heterocycles. The molecule has 0 spiro atoms. The first-order valence-corrected chi connectivity index (χ1v) is 12.1. The Kier molecular flexibility index (Phi) is 13.3. The average molecular weight is 493 g/mol. The maximum absolute atomic E-state index is 12.1. The highest BCUT2D eigenvalue weighted by Gasteiger charge is 2.19. The molecule has 1 aromatic carbocycles. The second-order valence-corrected chi connectivity index (χ2v) is 8.72. The van der Waals surface area contributed by atoms with Gasteiger partial charge in [-0.1, -0.05) is 38.3 Å². The molecular formula is C27H40O8. The number of rotatable bonds is 16. The number of hydrogen-bond donors (Lipinski definition) is 5. The largest absolute Gasteiger partial charge is 0.508 e. The Morgan fingerprint density at radius 2 is 1.43 bits per heavy atom. The van der Waals surface area contributed by atoms with Crippen LogP contribution in [0.5, 0.6) is 17.2 Å². The monoisotopic (exact) mass is 492 g/mol. The molecule has 0 radical (unpaired) electrons. The number of carbonyl (C=O) groups excluding carboxylic acids is 1. The standard InChI is InChI=1S/C27H40O8/c1-4-5-14-26(30,31)16-17-27(32,33)15-12-10-8-6-7-9-11-13-25(29)35-24-19-22(28)18-23(20-24)34-21(2)3/h5,12,14-21,28,30-33H,4,6-11,13H2,1-3H3/b14-5-,15-12-,17-16-. The van der Waals surface area contributed by atoms with Crippen LogP contribution in [-0.4, -0.2) is 49.2 Å². The van der Waals surface area contributed by atoms with Crippen molar-refractivity contribution in [2.75, 3.05) is 0 Å². The molecule has 0 amide bonds. The zero-order chi connectivity index (χ0) is 26.3. The van der Waals surface area contributed by atoms with Crippen LogP contribution in [0.4, 0.5) is 0 Å². The Morgan fingerprint density at radius 1 is 0.857 bits per heavy atom. The summed E-state index contributed by atoms with van der Waals surface area (Å²) in [5, 5.41) is 48.8. The molecule has 0 aliphatic rings. The Labute approximate surface area is 207 Å². The number of aliphatic hydroxyl groups is 4. The fraction of sp³-hybridized carbons (Fsp3) is 0.519. The lowest BCUT2D eigenvalue weighted by atomic mass is 10.1. The Bertz CT molecular complexity index is 853. The highest BCUT2D eigenvalue weighted by atomic mass is 16.5. The van der Waals surface area contributed by atoms with E-state index in [1.54, 1.807) is 18.2 Å². The van der Waals surface area contributed by atoms with Gasteiger partial charge in [0.1, 0.15) is 17.2 Å². The fourth-order valence-electron chi connectivity index (χ4n) is 3.10. The topological polar surface area (TPSA) is 137 Å². The van der Waals surface area contributed by atoms with Crippen LogP contribution in [0.25, 0.3) is 0 Å². The molecule has 5 N–H and O–H groups in total. The minimum Gasteiger partial charge on any atom is -0.508 e. The maximum Gasteiger partial charge on any atom is 0.311 e. The predicted octanol–water partition coefficient (Wildman–Crippen LogP) is 4.26. The number of phenolic OH excluding ortho intramolecular Hbond substituents is 1. The van der Waals surface area contributed by atoms with Gasteiger partial charge in [0.25, 0.3) is 0 Å². The van der Waals surface area contributed by atoms with Crippen molar-refractivity contribution >= 4 is 5.97 Å². The molecule has 0 aliphatic heterocycles. The molecule has 0 aliphatic carbocycles. The first-order chi connectivity index (χ1) is 16.4. The van der Waals surface area contributed by atoms with Crippen LogP contribution in [0, 0.1) is 0 Å². The van der Waals surface area contributed by atoms with Gasteiger partial charge in [-0.3, -0.25) is 4.79 Å². The van der Waals surface area contributed by atoms with E-state index in [0.717, 1.165) is 43.9 Å². The lowest BCUT2D eigenvalue weighted by Crippen LogP contribution is -2.26. The van der Waals surface area contributed by atoms with Crippen molar-refractivity contribution in [3.63, 3.8) is 0 Å². The molecule has 0 saturated carbocycles. The number of benzene rings is 1. The van der Waals surface area contributed by atoms with Crippen molar-refractivity contribution in [1.29, 1.82) is 0 Å². The normalized spacial score (nSPS) is 12.9. The molecule has 1 aromatic rings. The van der Waals surface area contributed by atoms with Crippen LogP contribution in [0.3, 0.4) is 0 Å². The van der Waals surface area contributed by atoms with Crippen LogP contribution in [0.2, 0.25) is 0 Å². The third-order valence-electron chi connectivity index (χ3n) is 4.76. The number of esters is 1. The first-order valence-electron chi connectivity index (χ1n) is 12.1. The van der Waals surface area contributed by atoms with Crippen molar-refractivity contribution < 1.29 is 39.8 Å². The molecule has 0 heterocycles. The minimum atomic E-state index is -2.27. The van der Waals surface area contributed by atoms with E-state index in [-0.39, 0.29) is 30.0 Å². The number of ether oxygens (including phenoxy) is 2. The lowest BCUT2D eigenvalue weighted by molar-refractivity contribution is -0.134. The van der Waals surface area contributed by atoms with E-state index in [1.807, 2.05) is 20.8 Å². The molecule has 1 rings (SSSR count). The quantitative estimate of drug-likeness (QED) is 0.0759. The van der Waals surface area contributed by atoms with Crippen molar-refractivity contribution in [1.82, 2.24) is 0 Å². The van der Waals surface area contributed by atoms with Crippen molar-refractivity contribution in [2.24, 2.45) is 0 Å². The summed E-state index contributed by atoms with van der Waals surface area (Å²) in [6, 6.07) is 4.41. The Hall–Kier alpha value is -2.65. The van der Waals surface area contributed by atoms with Crippen molar-refractivity contribution in [3.05, 3.63) is 54.7 Å². The molecule has 0 fully saturated rings. The van der Waals surface area contributed by atoms with E-state index in [1.165, 1.54) is 18.2 Å². The summed E-state index contributed by atoms with van der Waals surface area (Å²) < 4.78 is 10.8. The molecule has 0 unspecified atom stereocenters. The predicted molar refractivity (Wildman–Crippen MR) is 134 cm³/mol. The summed E-state index contributed by atoms with van der Waals surface area (Å²) >= 11 is 0. The molecule has 0 bridgehead atoms. The van der Waals surface area contributed by atoms with E-state index in [0.29, 0.717) is 25.0 Å². The third-order valence-corrected chi connectivity index (χ3v) is 4.76. The van der Waals surface area contributed by atoms with Crippen LogP contribution < -0.4 is 9.47 Å². The van der Waals surface area contributed by atoms with Gasteiger partial charge < -0.3 is 35.0 Å². The van der Waals surface area contributed by atoms with Gasteiger partial charge in [0.15, 0.2) is 0 Å². The molecule has 196 valence electrons. The van der Waals surface area contributed by atoms with Gasteiger partial charge >= 0.3 is 5.97 Å². The Balaban J connectivity index is 2.25. The van der Waals surface area contributed by atoms with E-state index >= 15 is 0 Å². The van der Waals surface area contributed by atoms with Crippen LogP contribution >= 0.6 is 0 Å². The molecule has 8 nitrogen and oxygen atoms in total. The summed E-state index contributed by atoms with van der Waals surface area (Å²) in [4.78, 5) is 12.1. The molecular weight excluding hydrogens is 452 g/mol. The van der Waals surface area contributed by atoms with Gasteiger partial charge in [-0.25, -0.2) is 0 Å². The van der Waals surface area contributed by atoms with Gasteiger partial charge in [0.2, 0.25) is 11.6 Å². The number of phenols is 1. The highest BCUT2D eigenvalue weighted by Crippen LogP contribution is 2.28. The first kappa shape index (κ1) is 30.4. The summed E-state index contributed by atoms with van der Waals surface area (Å²) in [7, 11) is 0.